The first kappa shape index (κ1) is 19.0. The van der Waals surface area contributed by atoms with Gasteiger partial charge in [0.2, 0.25) is 5.91 Å². The number of hydrogen-bond donors (Lipinski definition) is 2. The molecule has 134 valence electrons. The number of carbonyl (C=O) groups excluding carboxylic acids is 1. The summed E-state index contributed by atoms with van der Waals surface area (Å²) < 4.78 is 0. The standard InChI is InChI=1S/C21H29N3O/c1-4-16-9-11-18(12-10-16)20(24(2)3)15-23-21(25)14-13-17-7-5-6-8-19(17)22/h5-12,20H,4,13-15,22H2,1-3H3,(H,23,25). The van der Waals surface area contributed by atoms with Crippen molar-refractivity contribution in [2.24, 2.45) is 0 Å². The van der Waals surface area contributed by atoms with Gasteiger partial charge in [-0.05, 0) is 49.7 Å². The Morgan fingerprint density at radius 1 is 1.12 bits per heavy atom. The minimum Gasteiger partial charge on any atom is -0.399 e. The molecule has 3 N–H and O–H groups in total. The molecule has 2 aromatic rings. The smallest absolute Gasteiger partial charge is 0.220 e. The molecule has 0 saturated carbocycles. The van der Waals surface area contributed by atoms with Crippen LogP contribution in [0, 0.1) is 0 Å². The molecule has 0 aromatic heterocycles. The molecule has 4 nitrogen and oxygen atoms in total. The van der Waals surface area contributed by atoms with E-state index in [0.717, 1.165) is 17.7 Å². The Morgan fingerprint density at radius 2 is 1.80 bits per heavy atom. The number of carbonyl (C=O) groups is 1. The Morgan fingerprint density at radius 3 is 2.40 bits per heavy atom. The maximum absolute atomic E-state index is 12.2. The number of nitrogens with one attached hydrogen (secondary N) is 1. The molecule has 2 rings (SSSR count). The molecular formula is C21H29N3O. The van der Waals surface area contributed by atoms with Crippen molar-refractivity contribution in [3.05, 3.63) is 65.2 Å². The van der Waals surface area contributed by atoms with Crippen molar-refractivity contribution in [1.29, 1.82) is 0 Å². The first-order valence-electron chi connectivity index (χ1n) is 8.86. The third-order valence-corrected chi connectivity index (χ3v) is 4.57. The summed E-state index contributed by atoms with van der Waals surface area (Å²) in [5, 5.41) is 3.06. The van der Waals surface area contributed by atoms with E-state index in [-0.39, 0.29) is 11.9 Å². The predicted octanol–water partition coefficient (Wildman–Crippen LogP) is 3.18. The number of para-hydroxylation sites is 1. The van der Waals surface area contributed by atoms with Crippen molar-refractivity contribution in [1.82, 2.24) is 10.2 Å². The molecule has 2 aromatic carbocycles. The van der Waals surface area contributed by atoms with Crippen LogP contribution in [0.3, 0.4) is 0 Å². The number of nitrogens with zero attached hydrogens (tertiary/aromatic N) is 1. The van der Waals surface area contributed by atoms with Gasteiger partial charge >= 0.3 is 0 Å². The molecule has 0 bridgehead atoms. The molecule has 0 radical (unpaired) electrons. The Kier molecular flexibility index (Phi) is 7.02. The quantitative estimate of drug-likeness (QED) is 0.726. The zero-order valence-electron chi connectivity index (χ0n) is 15.5. The largest absolute Gasteiger partial charge is 0.399 e. The van der Waals surface area contributed by atoms with Crippen molar-refractivity contribution in [3.63, 3.8) is 0 Å². The fourth-order valence-electron chi connectivity index (χ4n) is 2.88. The number of hydrogen-bond acceptors (Lipinski definition) is 3. The normalized spacial score (nSPS) is 12.2. The van der Waals surface area contributed by atoms with Crippen LogP contribution in [-0.4, -0.2) is 31.4 Å². The minimum absolute atomic E-state index is 0.0558. The number of rotatable bonds is 8. The summed E-state index contributed by atoms with van der Waals surface area (Å²) >= 11 is 0. The molecule has 4 heteroatoms. The molecule has 0 aliphatic carbocycles. The highest BCUT2D eigenvalue weighted by atomic mass is 16.1. The van der Waals surface area contributed by atoms with E-state index in [0.29, 0.717) is 19.4 Å². The van der Waals surface area contributed by atoms with Crippen LogP contribution < -0.4 is 11.1 Å². The van der Waals surface area contributed by atoms with Crippen molar-refractivity contribution in [2.45, 2.75) is 32.2 Å². The highest BCUT2D eigenvalue weighted by molar-refractivity contribution is 5.76. The summed E-state index contributed by atoms with van der Waals surface area (Å²) in [5.41, 5.74) is 10.2. The number of likely N-dealkylation sites (N-methyl/N-ethyl adjacent to an activating group) is 1. The number of anilines is 1. The van der Waals surface area contributed by atoms with E-state index in [2.05, 4.69) is 41.4 Å². The summed E-state index contributed by atoms with van der Waals surface area (Å²) in [7, 11) is 4.07. The summed E-state index contributed by atoms with van der Waals surface area (Å²) in [6, 6.07) is 16.5. The number of amides is 1. The van der Waals surface area contributed by atoms with Gasteiger partial charge in [0.15, 0.2) is 0 Å². The summed E-state index contributed by atoms with van der Waals surface area (Å²) in [4.78, 5) is 14.4. The van der Waals surface area contributed by atoms with Gasteiger partial charge in [-0.2, -0.15) is 0 Å². The summed E-state index contributed by atoms with van der Waals surface area (Å²) in [5.74, 6) is 0.0558. The Labute approximate surface area is 151 Å². The van der Waals surface area contributed by atoms with Crippen LogP contribution in [-0.2, 0) is 17.6 Å². The van der Waals surface area contributed by atoms with Crippen LogP contribution in [0.2, 0.25) is 0 Å². The second-order valence-corrected chi connectivity index (χ2v) is 6.58. The van der Waals surface area contributed by atoms with Crippen LogP contribution in [0.1, 0.15) is 36.1 Å². The third kappa shape index (κ3) is 5.61. The van der Waals surface area contributed by atoms with Gasteiger partial charge in [-0.25, -0.2) is 0 Å². The van der Waals surface area contributed by atoms with Crippen LogP contribution in [0.4, 0.5) is 5.69 Å². The molecule has 0 aliphatic heterocycles. The molecular weight excluding hydrogens is 310 g/mol. The van der Waals surface area contributed by atoms with Crippen molar-refractivity contribution < 1.29 is 4.79 Å². The summed E-state index contributed by atoms with van der Waals surface area (Å²) in [6.45, 7) is 2.75. The number of benzene rings is 2. The second-order valence-electron chi connectivity index (χ2n) is 6.58. The molecule has 25 heavy (non-hydrogen) atoms. The van der Waals surface area contributed by atoms with Crippen molar-refractivity contribution >= 4 is 11.6 Å². The van der Waals surface area contributed by atoms with Gasteiger partial charge in [-0.1, -0.05) is 49.4 Å². The molecule has 1 amide bonds. The molecule has 0 spiro atoms. The molecule has 1 unspecified atom stereocenters. The second kappa shape index (κ2) is 9.23. The monoisotopic (exact) mass is 339 g/mol. The zero-order chi connectivity index (χ0) is 18.2. The average Bonchev–Trinajstić information content (AvgIpc) is 2.61. The minimum atomic E-state index is 0.0558. The van der Waals surface area contributed by atoms with Crippen LogP contribution in [0.15, 0.2) is 48.5 Å². The average molecular weight is 339 g/mol. The summed E-state index contributed by atoms with van der Waals surface area (Å²) in [6.07, 6.45) is 2.14. The van der Waals surface area contributed by atoms with Gasteiger partial charge in [0.25, 0.3) is 0 Å². The van der Waals surface area contributed by atoms with Gasteiger partial charge in [0, 0.05) is 18.7 Å². The first-order chi connectivity index (χ1) is 12.0. The molecule has 1 atom stereocenters. The van der Waals surface area contributed by atoms with E-state index in [1.54, 1.807) is 0 Å². The lowest BCUT2D eigenvalue weighted by Crippen LogP contribution is -2.34. The van der Waals surface area contributed by atoms with E-state index in [9.17, 15) is 4.79 Å². The van der Waals surface area contributed by atoms with E-state index < -0.39 is 0 Å². The molecule has 0 fully saturated rings. The number of nitrogens with two attached hydrogens (primary N) is 1. The molecule has 0 aliphatic rings. The first-order valence-corrected chi connectivity index (χ1v) is 8.86. The fourth-order valence-corrected chi connectivity index (χ4v) is 2.88. The highest BCUT2D eigenvalue weighted by Crippen LogP contribution is 2.18. The van der Waals surface area contributed by atoms with Gasteiger partial charge in [0.1, 0.15) is 0 Å². The fraction of sp³-hybridized carbons (Fsp3) is 0.381. The lowest BCUT2D eigenvalue weighted by molar-refractivity contribution is -0.121. The van der Waals surface area contributed by atoms with Crippen LogP contribution in [0.25, 0.3) is 0 Å². The van der Waals surface area contributed by atoms with E-state index in [1.807, 2.05) is 38.4 Å². The van der Waals surface area contributed by atoms with Gasteiger partial charge < -0.3 is 16.0 Å². The SMILES string of the molecule is CCc1ccc(C(CNC(=O)CCc2ccccc2N)N(C)C)cc1. The zero-order valence-corrected chi connectivity index (χ0v) is 15.5. The lowest BCUT2D eigenvalue weighted by atomic mass is 10.0. The van der Waals surface area contributed by atoms with E-state index in [4.69, 9.17) is 5.73 Å². The van der Waals surface area contributed by atoms with Crippen LogP contribution in [0.5, 0.6) is 0 Å². The molecule has 0 saturated heterocycles. The van der Waals surface area contributed by atoms with E-state index in [1.165, 1.54) is 11.1 Å². The van der Waals surface area contributed by atoms with Gasteiger partial charge in [0.05, 0.1) is 6.04 Å². The predicted molar refractivity (Wildman–Crippen MR) is 104 cm³/mol. The molecule has 0 heterocycles. The van der Waals surface area contributed by atoms with E-state index >= 15 is 0 Å². The maximum Gasteiger partial charge on any atom is 0.220 e. The number of aryl methyl sites for hydroxylation is 2. The lowest BCUT2D eigenvalue weighted by Gasteiger charge is -2.25. The van der Waals surface area contributed by atoms with Gasteiger partial charge in [-0.3, -0.25) is 4.79 Å². The highest BCUT2D eigenvalue weighted by Gasteiger charge is 2.15. The van der Waals surface area contributed by atoms with Crippen LogP contribution >= 0.6 is 0 Å². The maximum atomic E-state index is 12.2. The van der Waals surface area contributed by atoms with Crippen molar-refractivity contribution in [2.75, 3.05) is 26.4 Å². The topological polar surface area (TPSA) is 58.4 Å². The Hall–Kier alpha value is -2.33. The third-order valence-electron chi connectivity index (χ3n) is 4.57. The Bertz CT molecular complexity index is 680. The van der Waals surface area contributed by atoms with Crippen molar-refractivity contribution in [3.8, 4) is 0 Å². The van der Waals surface area contributed by atoms with Gasteiger partial charge in [-0.15, -0.1) is 0 Å². The number of nitrogen functional groups attached to an aromatic ring is 1. The Balaban J connectivity index is 1.89.